The van der Waals surface area contributed by atoms with Gasteiger partial charge in [-0.1, -0.05) is 6.92 Å². The second-order valence-corrected chi connectivity index (χ2v) is 6.66. The minimum atomic E-state index is 0. The molecule has 3 amide bonds. The Hall–Kier alpha value is -1.01. The second-order valence-electron chi connectivity index (χ2n) is 6.66. The molecule has 0 aliphatic carbocycles. The number of carbonyl (C=O) groups is 2. The Morgan fingerprint density at radius 3 is 2.91 bits per heavy atom. The zero-order chi connectivity index (χ0) is 14.8. The molecule has 7 heteroatoms. The minimum absolute atomic E-state index is 0. The molecule has 0 spiro atoms. The fourth-order valence-corrected chi connectivity index (χ4v) is 3.77. The maximum absolute atomic E-state index is 12.5. The number of piperazine rings is 1. The van der Waals surface area contributed by atoms with Gasteiger partial charge in [0, 0.05) is 32.6 Å². The maximum Gasteiger partial charge on any atom is 0.317 e. The van der Waals surface area contributed by atoms with E-state index >= 15 is 0 Å². The van der Waals surface area contributed by atoms with Crippen LogP contribution in [0.3, 0.4) is 0 Å². The number of hydrogen-bond acceptors (Lipinski definition) is 3. The summed E-state index contributed by atoms with van der Waals surface area (Å²) in [6.45, 7) is 7.06. The summed E-state index contributed by atoms with van der Waals surface area (Å²) in [5, 5.41) is 6.28. The van der Waals surface area contributed by atoms with Gasteiger partial charge in [0.2, 0.25) is 5.91 Å². The monoisotopic (exact) mass is 330 g/mol. The van der Waals surface area contributed by atoms with Crippen LogP contribution in [-0.4, -0.2) is 67.0 Å². The molecule has 3 atom stereocenters. The molecule has 3 unspecified atom stereocenters. The number of hydrogen-bond donors (Lipinski definition) is 2. The Balaban J connectivity index is 0.00000176. The highest BCUT2D eigenvalue weighted by molar-refractivity contribution is 5.85. The van der Waals surface area contributed by atoms with Gasteiger partial charge in [-0.3, -0.25) is 4.79 Å². The molecule has 3 aliphatic heterocycles. The number of fused-ring (bicyclic) bond motifs is 1. The van der Waals surface area contributed by atoms with E-state index in [-0.39, 0.29) is 30.4 Å². The lowest BCUT2D eigenvalue weighted by atomic mass is 9.85. The first-order chi connectivity index (χ1) is 10.1. The first-order valence-electron chi connectivity index (χ1n) is 8.18. The number of urea groups is 1. The highest BCUT2D eigenvalue weighted by atomic mass is 35.5. The molecule has 0 aromatic carbocycles. The predicted molar refractivity (Wildman–Crippen MR) is 87.1 cm³/mol. The lowest BCUT2D eigenvalue weighted by Crippen LogP contribution is -2.54. The van der Waals surface area contributed by atoms with Crippen molar-refractivity contribution in [1.82, 2.24) is 20.4 Å². The quantitative estimate of drug-likeness (QED) is 0.799. The summed E-state index contributed by atoms with van der Waals surface area (Å²) < 4.78 is 0. The Morgan fingerprint density at radius 2 is 2.18 bits per heavy atom. The van der Waals surface area contributed by atoms with Crippen molar-refractivity contribution < 1.29 is 9.59 Å². The molecule has 3 fully saturated rings. The average molecular weight is 331 g/mol. The van der Waals surface area contributed by atoms with Crippen LogP contribution in [0.5, 0.6) is 0 Å². The van der Waals surface area contributed by atoms with Gasteiger partial charge in [0.05, 0.1) is 6.04 Å². The van der Waals surface area contributed by atoms with Crippen molar-refractivity contribution in [3.63, 3.8) is 0 Å². The Bertz CT molecular complexity index is 414. The van der Waals surface area contributed by atoms with Crippen LogP contribution in [0.4, 0.5) is 4.79 Å². The van der Waals surface area contributed by atoms with Crippen molar-refractivity contribution in [2.75, 3.05) is 39.3 Å². The SMILES string of the molecule is CC(CC(=O)N1CCN2C(=O)NCC2C1)C1CCCNC1.Cl. The number of halogens is 1. The standard InChI is InChI=1S/C15H26N4O2.ClH/c1-11(12-3-2-4-16-8-12)7-14(20)18-5-6-19-13(10-18)9-17-15(19)21;/h11-13,16H,2-10H2,1H3,(H,17,21);1H. The van der Waals surface area contributed by atoms with Gasteiger partial charge in [-0.05, 0) is 37.8 Å². The van der Waals surface area contributed by atoms with Crippen LogP contribution in [0, 0.1) is 11.8 Å². The summed E-state index contributed by atoms with van der Waals surface area (Å²) >= 11 is 0. The molecule has 0 bridgehead atoms. The van der Waals surface area contributed by atoms with E-state index in [0.29, 0.717) is 44.4 Å². The van der Waals surface area contributed by atoms with Crippen LogP contribution >= 0.6 is 12.4 Å². The van der Waals surface area contributed by atoms with Crippen molar-refractivity contribution in [1.29, 1.82) is 0 Å². The molecule has 22 heavy (non-hydrogen) atoms. The largest absolute Gasteiger partial charge is 0.339 e. The topological polar surface area (TPSA) is 64.7 Å². The first kappa shape index (κ1) is 17.3. The molecular weight excluding hydrogens is 304 g/mol. The highest BCUT2D eigenvalue weighted by Crippen LogP contribution is 2.24. The van der Waals surface area contributed by atoms with Crippen LogP contribution < -0.4 is 10.6 Å². The van der Waals surface area contributed by atoms with Gasteiger partial charge in [-0.2, -0.15) is 0 Å². The number of nitrogens with zero attached hydrogens (tertiary/aromatic N) is 2. The average Bonchev–Trinajstić information content (AvgIpc) is 2.89. The third-order valence-corrected chi connectivity index (χ3v) is 5.22. The van der Waals surface area contributed by atoms with Crippen LogP contribution in [-0.2, 0) is 4.79 Å². The summed E-state index contributed by atoms with van der Waals surface area (Å²) in [6.07, 6.45) is 3.09. The van der Waals surface area contributed by atoms with E-state index in [0.717, 1.165) is 13.1 Å². The van der Waals surface area contributed by atoms with Gasteiger partial charge >= 0.3 is 6.03 Å². The number of nitrogens with one attached hydrogen (secondary N) is 2. The van der Waals surface area contributed by atoms with Crippen molar-refractivity contribution >= 4 is 24.3 Å². The molecule has 0 aromatic rings. The second kappa shape index (κ2) is 7.51. The maximum atomic E-state index is 12.5. The smallest absolute Gasteiger partial charge is 0.317 e. The number of amides is 3. The van der Waals surface area contributed by atoms with Gasteiger partial charge in [0.25, 0.3) is 0 Å². The molecule has 3 saturated heterocycles. The molecule has 6 nitrogen and oxygen atoms in total. The van der Waals surface area contributed by atoms with Crippen molar-refractivity contribution in [2.24, 2.45) is 11.8 Å². The third-order valence-electron chi connectivity index (χ3n) is 5.22. The first-order valence-corrected chi connectivity index (χ1v) is 8.18. The lowest BCUT2D eigenvalue weighted by Gasteiger charge is -2.37. The summed E-state index contributed by atoms with van der Waals surface area (Å²) in [6, 6.07) is 0.190. The van der Waals surface area contributed by atoms with Crippen molar-refractivity contribution in [3.8, 4) is 0 Å². The zero-order valence-corrected chi connectivity index (χ0v) is 14.0. The summed E-state index contributed by atoms with van der Waals surface area (Å²) in [5.41, 5.74) is 0. The molecule has 3 aliphatic rings. The summed E-state index contributed by atoms with van der Waals surface area (Å²) in [5.74, 6) is 1.32. The van der Waals surface area contributed by atoms with Crippen molar-refractivity contribution in [3.05, 3.63) is 0 Å². The number of rotatable bonds is 3. The normalized spacial score (nSPS) is 29.4. The van der Waals surface area contributed by atoms with Gasteiger partial charge in [-0.15, -0.1) is 12.4 Å². The van der Waals surface area contributed by atoms with E-state index in [9.17, 15) is 9.59 Å². The van der Waals surface area contributed by atoms with Gasteiger partial charge in [-0.25, -0.2) is 4.79 Å². The fraction of sp³-hybridized carbons (Fsp3) is 0.867. The van der Waals surface area contributed by atoms with E-state index in [1.807, 2.05) is 9.80 Å². The van der Waals surface area contributed by atoms with Crippen molar-refractivity contribution in [2.45, 2.75) is 32.2 Å². The van der Waals surface area contributed by atoms with E-state index in [1.165, 1.54) is 12.8 Å². The van der Waals surface area contributed by atoms with E-state index in [2.05, 4.69) is 17.6 Å². The summed E-state index contributed by atoms with van der Waals surface area (Å²) in [4.78, 5) is 27.9. The number of piperidine rings is 1. The predicted octanol–water partition coefficient (Wildman–Crippen LogP) is 0.670. The molecule has 2 N–H and O–H groups in total. The zero-order valence-electron chi connectivity index (χ0n) is 13.2. The molecule has 0 saturated carbocycles. The Morgan fingerprint density at radius 1 is 1.36 bits per heavy atom. The number of carbonyl (C=O) groups excluding carboxylic acids is 2. The van der Waals surface area contributed by atoms with Crippen LogP contribution in [0.15, 0.2) is 0 Å². The van der Waals surface area contributed by atoms with E-state index < -0.39 is 0 Å². The third kappa shape index (κ3) is 3.66. The van der Waals surface area contributed by atoms with Gasteiger partial charge in [0.1, 0.15) is 0 Å². The van der Waals surface area contributed by atoms with Gasteiger partial charge in [0.15, 0.2) is 0 Å². The van der Waals surface area contributed by atoms with Crippen LogP contribution in [0.25, 0.3) is 0 Å². The van der Waals surface area contributed by atoms with Crippen LogP contribution in [0.1, 0.15) is 26.2 Å². The molecular formula is C15H27ClN4O2. The minimum Gasteiger partial charge on any atom is -0.339 e. The van der Waals surface area contributed by atoms with E-state index in [4.69, 9.17) is 0 Å². The Kier molecular flexibility index (Phi) is 5.92. The molecule has 126 valence electrons. The highest BCUT2D eigenvalue weighted by Gasteiger charge is 2.37. The lowest BCUT2D eigenvalue weighted by molar-refractivity contribution is -0.134. The van der Waals surface area contributed by atoms with Gasteiger partial charge < -0.3 is 20.4 Å². The van der Waals surface area contributed by atoms with Crippen LogP contribution in [0.2, 0.25) is 0 Å². The summed E-state index contributed by atoms with van der Waals surface area (Å²) in [7, 11) is 0. The molecule has 3 heterocycles. The molecule has 0 aromatic heterocycles. The molecule has 3 rings (SSSR count). The Labute approximate surface area is 138 Å². The fourth-order valence-electron chi connectivity index (χ4n) is 3.77. The van der Waals surface area contributed by atoms with E-state index in [1.54, 1.807) is 0 Å². The molecule has 0 radical (unpaired) electrons.